The van der Waals surface area contributed by atoms with E-state index in [2.05, 4.69) is 5.16 Å². The highest BCUT2D eigenvalue weighted by Crippen LogP contribution is 2.27. The van der Waals surface area contributed by atoms with E-state index >= 15 is 0 Å². The van der Waals surface area contributed by atoms with Crippen LogP contribution in [0.1, 0.15) is 5.56 Å². The van der Waals surface area contributed by atoms with Crippen molar-refractivity contribution in [3.05, 3.63) is 58.1 Å². The largest absolute Gasteiger partial charge is 0.490 e. The van der Waals surface area contributed by atoms with Crippen LogP contribution in [0.15, 0.2) is 47.6 Å². The minimum absolute atomic E-state index is 0.347. The molecule has 0 fully saturated rings. The lowest BCUT2D eigenvalue weighted by molar-refractivity contribution is 0.217. The van der Waals surface area contributed by atoms with E-state index in [-0.39, 0.29) is 0 Å². The molecule has 0 aliphatic carbocycles. The molecule has 0 unspecified atom stereocenters. The van der Waals surface area contributed by atoms with Gasteiger partial charge in [0, 0.05) is 11.1 Å². The molecular formula is C15H13Cl2NO3. The first-order valence-corrected chi connectivity index (χ1v) is 6.93. The van der Waals surface area contributed by atoms with Gasteiger partial charge in [-0.1, -0.05) is 28.4 Å². The van der Waals surface area contributed by atoms with Gasteiger partial charge in [0.25, 0.3) is 0 Å². The Balaban J connectivity index is 1.80. The smallest absolute Gasteiger partial charge is 0.139 e. The van der Waals surface area contributed by atoms with Crippen LogP contribution < -0.4 is 9.47 Å². The Labute approximate surface area is 132 Å². The maximum absolute atomic E-state index is 8.41. The summed E-state index contributed by atoms with van der Waals surface area (Å²) in [5.41, 5.74) is 0.784. The molecule has 2 rings (SSSR count). The zero-order chi connectivity index (χ0) is 15.1. The first kappa shape index (κ1) is 15.5. The molecule has 1 N–H and O–H groups in total. The zero-order valence-corrected chi connectivity index (χ0v) is 12.5. The summed E-state index contributed by atoms with van der Waals surface area (Å²) in [6.07, 6.45) is 1.34. The van der Waals surface area contributed by atoms with Gasteiger partial charge >= 0.3 is 0 Å². The predicted molar refractivity (Wildman–Crippen MR) is 83.3 cm³/mol. The molecule has 4 nitrogen and oxygen atoms in total. The summed E-state index contributed by atoms with van der Waals surface area (Å²) in [7, 11) is 0. The van der Waals surface area contributed by atoms with E-state index in [0.717, 1.165) is 5.56 Å². The second-order valence-corrected chi connectivity index (χ2v) is 4.93. The van der Waals surface area contributed by atoms with Crippen molar-refractivity contribution in [2.75, 3.05) is 13.2 Å². The quantitative estimate of drug-likeness (QED) is 0.373. The Morgan fingerprint density at radius 3 is 2.43 bits per heavy atom. The van der Waals surface area contributed by atoms with Crippen molar-refractivity contribution in [3.63, 3.8) is 0 Å². The fourth-order valence-corrected chi connectivity index (χ4v) is 1.95. The maximum atomic E-state index is 8.41. The van der Waals surface area contributed by atoms with Gasteiger partial charge in [0.05, 0.1) is 11.2 Å². The molecule has 0 aliphatic rings. The summed E-state index contributed by atoms with van der Waals surface area (Å²) in [4.78, 5) is 0. The lowest BCUT2D eigenvalue weighted by Crippen LogP contribution is -2.09. The standard InChI is InChI=1S/C15H13Cl2NO3/c16-12-3-6-14(17)15(9-12)21-8-7-20-13-4-1-11(2-5-13)10-18-19/h1-6,9-10,19H,7-8H2. The summed E-state index contributed by atoms with van der Waals surface area (Å²) >= 11 is 11.8. The molecule has 21 heavy (non-hydrogen) atoms. The van der Waals surface area contributed by atoms with Crippen molar-refractivity contribution in [1.82, 2.24) is 0 Å². The van der Waals surface area contributed by atoms with Gasteiger partial charge in [0.1, 0.15) is 24.7 Å². The van der Waals surface area contributed by atoms with Crippen molar-refractivity contribution in [2.24, 2.45) is 5.16 Å². The second kappa shape index (κ2) is 7.76. The van der Waals surface area contributed by atoms with Gasteiger partial charge in [0.15, 0.2) is 0 Å². The van der Waals surface area contributed by atoms with Gasteiger partial charge < -0.3 is 14.7 Å². The fraction of sp³-hybridized carbons (Fsp3) is 0.133. The minimum atomic E-state index is 0.347. The van der Waals surface area contributed by atoms with Crippen molar-refractivity contribution >= 4 is 29.4 Å². The molecule has 0 aliphatic heterocycles. The Morgan fingerprint density at radius 2 is 1.71 bits per heavy atom. The van der Waals surface area contributed by atoms with Crippen LogP contribution in [-0.4, -0.2) is 24.6 Å². The van der Waals surface area contributed by atoms with Crippen LogP contribution in [0.2, 0.25) is 10.0 Å². The Bertz CT molecular complexity index is 615. The lowest BCUT2D eigenvalue weighted by Gasteiger charge is -2.10. The molecule has 110 valence electrons. The van der Waals surface area contributed by atoms with Crippen molar-refractivity contribution in [1.29, 1.82) is 0 Å². The molecule has 0 atom stereocenters. The molecule has 2 aromatic rings. The summed E-state index contributed by atoms with van der Waals surface area (Å²) in [6, 6.07) is 12.2. The molecule has 0 amide bonds. The number of rotatable bonds is 6. The third-order valence-corrected chi connectivity index (χ3v) is 3.14. The van der Waals surface area contributed by atoms with Crippen LogP contribution in [-0.2, 0) is 0 Å². The highest BCUT2D eigenvalue weighted by molar-refractivity contribution is 6.34. The van der Waals surface area contributed by atoms with Crippen molar-refractivity contribution < 1.29 is 14.7 Å². The van der Waals surface area contributed by atoms with Crippen LogP contribution in [0.4, 0.5) is 0 Å². The molecule has 0 heterocycles. The second-order valence-electron chi connectivity index (χ2n) is 4.09. The van der Waals surface area contributed by atoms with Crippen molar-refractivity contribution in [3.8, 4) is 11.5 Å². The van der Waals surface area contributed by atoms with E-state index in [9.17, 15) is 0 Å². The van der Waals surface area contributed by atoms with Crippen molar-refractivity contribution in [2.45, 2.75) is 0 Å². The van der Waals surface area contributed by atoms with Gasteiger partial charge in [-0.05, 0) is 42.0 Å². The summed E-state index contributed by atoms with van der Waals surface area (Å²) < 4.78 is 11.0. The van der Waals surface area contributed by atoms with Crippen LogP contribution in [0.5, 0.6) is 11.5 Å². The molecular weight excluding hydrogens is 313 g/mol. The molecule has 0 spiro atoms. The number of ether oxygens (including phenoxy) is 2. The third-order valence-electron chi connectivity index (χ3n) is 2.59. The zero-order valence-electron chi connectivity index (χ0n) is 11.0. The summed E-state index contributed by atoms with van der Waals surface area (Å²) in [5.74, 6) is 1.23. The monoisotopic (exact) mass is 325 g/mol. The van der Waals surface area contributed by atoms with Gasteiger partial charge in [0.2, 0.25) is 0 Å². The fourth-order valence-electron chi connectivity index (χ4n) is 1.62. The highest BCUT2D eigenvalue weighted by atomic mass is 35.5. The Kier molecular flexibility index (Phi) is 5.72. The summed E-state index contributed by atoms with van der Waals surface area (Å²) in [5, 5.41) is 12.4. The van der Waals surface area contributed by atoms with Gasteiger partial charge in [-0.25, -0.2) is 0 Å². The molecule has 0 saturated heterocycles. The molecule has 0 radical (unpaired) electrons. The number of halogens is 2. The van der Waals surface area contributed by atoms with Crippen LogP contribution in [0.25, 0.3) is 0 Å². The number of oxime groups is 1. The van der Waals surface area contributed by atoms with E-state index in [1.807, 2.05) is 0 Å². The summed E-state index contributed by atoms with van der Waals surface area (Å²) in [6.45, 7) is 0.718. The number of hydrogen-bond donors (Lipinski definition) is 1. The van der Waals surface area contributed by atoms with Gasteiger partial charge in [-0.2, -0.15) is 0 Å². The topological polar surface area (TPSA) is 51.1 Å². The number of hydrogen-bond acceptors (Lipinski definition) is 4. The maximum Gasteiger partial charge on any atom is 0.139 e. The third kappa shape index (κ3) is 4.85. The van der Waals surface area contributed by atoms with Gasteiger partial charge in [-0.15, -0.1) is 0 Å². The van der Waals surface area contributed by atoms with Crippen LogP contribution >= 0.6 is 23.2 Å². The molecule has 0 saturated carbocycles. The van der Waals surface area contributed by atoms with E-state index in [1.165, 1.54) is 6.21 Å². The Hall–Kier alpha value is -1.91. The first-order valence-electron chi connectivity index (χ1n) is 6.17. The Morgan fingerprint density at radius 1 is 1.00 bits per heavy atom. The first-order chi connectivity index (χ1) is 10.2. The normalized spacial score (nSPS) is 10.8. The molecule has 0 aromatic heterocycles. The molecule has 0 bridgehead atoms. The SMILES string of the molecule is ON=Cc1ccc(OCCOc2cc(Cl)ccc2Cl)cc1. The number of benzene rings is 2. The highest BCUT2D eigenvalue weighted by Gasteiger charge is 2.02. The van der Waals surface area contributed by atoms with Crippen LogP contribution in [0, 0.1) is 0 Å². The predicted octanol–water partition coefficient (Wildman–Crippen LogP) is 4.26. The van der Waals surface area contributed by atoms with E-state index < -0.39 is 0 Å². The average molecular weight is 326 g/mol. The van der Waals surface area contributed by atoms with Crippen LogP contribution in [0.3, 0.4) is 0 Å². The average Bonchev–Trinajstić information content (AvgIpc) is 2.49. The number of nitrogens with zero attached hydrogens (tertiary/aromatic N) is 1. The molecule has 2 aromatic carbocycles. The van der Waals surface area contributed by atoms with E-state index in [1.54, 1.807) is 42.5 Å². The van der Waals surface area contributed by atoms with E-state index in [0.29, 0.717) is 34.8 Å². The molecule has 6 heteroatoms. The van der Waals surface area contributed by atoms with E-state index in [4.69, 9.17) is 37.9 Å². The minimum Gasteiger partial charge on any atom is -0.490 e. The van der Waals surface area contributed by atoms with Gasteiger partial charge in [-0.3, -0.25) is 0 Å². The lowest BCUT2D eigenvalue weighted by atomic mass is 10.2.